The molecule has 0 unspecified atom stereocenters. The number of sulfonamides is 1. The van der Waals surface area contributed by atoms with Gasteiger partial charge in [-0.2, -0.15) is 0 Å². The monoisotopic (exact) mass is 597 g/mol. The Hall–Kier alpha value is -4.43. The van der Waals surface area contributed by atoms with Crippen molar-refractivity contribution in [3.63, 3.8) is 0 Å². The first-order chi connectivity index (χ1) is 20.6. The van der Waals surface area contributed by atoms with Crippen molar-refractivity contribution < 1.29 is 18.0 Å². The van der Waals surface area contributed by atoms with Gasteiger partial charge in [0.05, 0.1) is 10.6 Å². The van der Waals surface area contributed by atoms with Crippen LogP contribution >= 0.6 is 0 Å². The molecular weight excluding hydrogens is 558 g/mol. The Labute approximate surface area is 255 Å². The summed E-state index contributed by atoms with van der Waals surface area (Å²) in [5, 5.41) is 3.01. The van der Waals surface area contributed by atoms with Crippen LogP contribution in [0.15, 0.2) is 120 Å². The molecule has 0 saturated heterocycles. The molecule has 4 aromatic rings. The molecule has 0 bridgehead atoms. The van der Waals surface area contributed by atoms with Crippen LogP contribution in [0.5, 0.6) is 0 Å². The highest BCUT2D eigenvalue weighted by atomic mass is 32.2. The third-order valence-electron chi connectivity index (χ3n) is 7.08. The molecule has 0 aliphatic heterocycles. The fourth-order valence-corrected chi connectivity index (χ4v) is 6.15. The van der Waals surface area contributed by atoms with Gasteiger partial charge < -0.3 is 10.2 Å². The molecule has 8 heteroatoms. The molecule has 7 nitrogen and oxygen atoms in total. The van der Waals surface area contributed by atoms with E-state index in [-0.39, 0.29) is 29.7 Å². The Morgan fingerprint density at radius 1 is 0.744 bits per heavy atom. The van der Waals surface area contributed by atoms with E-state index in [1.165, 1.54) is 17.0 Å². The zero-order valence-electron chi connectivity index (χ0n) is 24.9. The molecule has 0 aromatic heterocycles. The van der Waals surface area contributed by atoms with E-state index >= 15 is 0 Å². The minimum Gasteiger partial charge on any atom is -0.354 e. The van der Waals surface area contributed by atoms with Gasteiger partial charge in [0.25, 0.3) is 10.0 Å². The average molecular weight is 598 g/mol. The van der Waals surface area contributed by atoms with Gasteiger partial charge in [-0.25, -0.2) is 8.42 Å². The van der Waals surface area contributed by atoms with Crippen LogP contribution in [0.2, 0.25) is 0 Å². The van der Waals surface area contributed by atoms with Gasteiger partial charge in [-0.05, 0) is 48.2 Å². The Balaban J connectivity index is 1.77. The molecule has 0 fully saturated rings. The molecule has 0 saturated carbocycles. The number of hydrogen-bond donors (Lipinski definition) is 1. The van der Waals surface area contributed by atoms with Gasteiger partial charge in [0, 0.05) is 19.5 Å². The van der Waals surface area contributed by atoms with Gasteiger partial charge in [0.2, 0.25) is 11.8 Å². The topological polar surface area (TPSA) is 86.8 Å². The summed E-state index contributed by atoms with van der Waals surface area (Å²) in [6.45, 7) is 6.04. The normalized spacial score (nSPS) is 12.0. The number of hydrogen-bond acceptors (Lipinski definition) is 4. The van der Waals surface area contributed by atoms with Crippen LogP contribution in [-0.4, -0.2) is 44.3 Å². The molecule has 0 heterocycles. The molecule has 43 heavy (non-hydrogen) atoms. The molecule has 4 aromatic carbocycles. The minimum atomic E-state index is -4.11. The van der Waals surface area contributed by atoms with Crippen LogP contribution in [0.1, 0.15) is 30.5 Å². The first kappa shape index (κ1) is 31.5. The van der Waals surface area contributed by atoms with Gasteiger partial charge in [-0.1, -0.05) is 110 Å². The van der Waals surface area contributed by atoms with Gasteiger partial charge in [0.15, 0.2) is 0 Å². The molecule has 4 rings (SSSR count). The predicted molar refractivity (Wildman–Crippen MR) is 171 cm³/mol. The first-order valence-electron chi connectivity index (χ1n) is 14.4. The summed E-state index contributed by atoms with van der Waals surface area (Å²) in [5.74, 6) is -0.549. The summed E-state index contributed by atoms with van der Waals surface area (Å²) >= 11 is 0. The van der Waals surface area contributed by atoms with E-state index in [1.54, 1.807) is 30.3 Å². The van der Waals surface area contributed by atoms with Crippen molar-refractivity contribution in [2.75, 3.05) is 17.4 Å². The second-order valence-corrected chi connectivity index (χ2v) is 12.9. The van der Waals surface area contributed by atoms with Crippen molar-refractivity contribution >= 4 is 27.5 Å². The summed E-state index contributed by atoms with van der Waals surface area (Å²) in [6, 6.07) is 33.2. The van der Waals surface area contributed by atoms with Crippen LogP contribution in [0.25, 0.3) is 0 Å². The number of carbonyl (C=O) groups excluding carboxylic acids is 2. The molecule has 2 amide bonds. The largest absolute Gasteiger partial charge is 0.354 e. The van der Waals surface area contributed by atoms with Crippen molar-refractivity contribution in [1.29, 1.82) is 0 Å². The summed E-state index contributed by atoms with van der Waals surface area (Å²) in [6.07, 6.45) is 0.277. The number of carbonyl (C=O) groups is 2. The van der Waals surface area contributed by atoms with E-state index < -0.39 is 28.5 Å². The van der Waals surface area contributed by atoms with Gasteiger partial charge in [-0.3, -0.25) is 13.9 Å². The van der Waals surface area contributed by atoms with Crippen LogP contribution in [0.4, 0.5) is 5.69 Å². The molecule has 0 aliphatic carbocycles. The molecule has 0 aliphatic rings. The number of nitrogens with zero attached hydrogens (tertiary/aromatic N) is 2. The predicted octanol–water partition coefficient (Wildman–Crippen LogP) is 5.60. The van der Waals surface area contributed by atoms with Crippen molar-refractivity contribution in [1.82, 2.24) is 10.2 Å². The number of aryl methyl sites for hydroxylation is 1. The van der Waals surface area contributed by atoms with E-state index in [1.807, 2.05) is 93.6 Å². The molecule has 0 radical (unpaired) electrons. The van der Waals surface area contributed by atoms with Crippen LogP contribution in [0.3, 0.4) is 0 Å². The molecular formula is C35H39N3O4S. The smallest absolute Gasteiger partial charge is 0.264 e. The zero-order valence-corrected chi connectivity index (χ0v) is 25.7. The SMILES string of the molecule is Cc1ccc(N(CC(=O)N(Cc2ccccc2)[C@@H](Cc2ccccc2)C(=O)NCC(C)C)S(=O)(=O)c2ccccc2)cc1. The summed E-state index contributed by atoms with van der Waals surface area (Å²) in [4.78, 5) is 29.7. The maximum Gasteiger partial charge on any atom is 0.264 e. The minimum absolute atomic E-state index is 0.0773. The van der Waals surface area contributed by atoms with Crippen LogP contribution < -0.4 is 9.62 Å². The number of benzene rings is 4. The third kappa shape index (κ3) is 8.55. The summed E-state index contributed by atoms with van der Waals surface area (Å²) in [7, 11) is -4.11. The van der Waals surface area contributed by atoms with E-state index in [9.17, 15) is 18.0 Å². The number of nitrogens with one attached hydrogen (secondary N) is 1. The summed E-state index contributed by atoms with van der Waals surface area (Å²) < 4.78 is 29.1. The van der Waals surface area contributed by atoms with Crippen molar-refractivity contribution in [3.8, 4) is 0 Å². The number of amides is 2. The van der Waals surface area contributed by atoms with E-state index in [4.69, 9.17) is 0 Å². The fraction of sp³-hybridized carbons (Fsp3) is 0.257. The fourth-order valence-electron chi connectivity index (χ4n) is 4.72. The quantitative estimate of drug-likeness (QED) is 0.217. The number of rotatable bonds is 13. The third-order valence-corrected chi connectivity index (χ3v) is 8.87. The molecule has 224 valence electrons. The Morgan fingerprint density at radius 2 is 1.28 bits per heavy atom. The Bertz CT molecular complexity index is 1580. The lowest BCUT2D eigenvalue weighted by Crippen LogP contribution is -2.53. The molecule has 1 N–H and O–H groups in total. The van der Waals surface area contributed by atoms with Crippen molar-refractivity contribution in [2.45, 2.75) is 44.7 Å². The highest BCUT2D eigenvalue weighted by molar-refractivity contribution is 7.92. The lowest BCUT2D eigenvalue weighted by atomic mass is 10.0. The molecule has 0 spiro atoms. The van der Waals surface area contributed by atoms with E-state index in [0.717, 1.165) is 21.0 Å². The lowest BCUT2D eigenvalue weighted by Gasteiger charge is -2.34. The highest BCUT2D eigenvalue weighted by Crippen LogP contribution is 2.25. The standard InChI is InChI=1S/C35H39N3O4S/c1-27(2)24-36-35(40)33(23-29-13-7-4-8-14-29)37(25-30-15-9-5-10-16-30)34(39)26-38(31-21-19-28(3)20-22-31)43(41,42)32-17-11-6-12-18-32/h4-22,27,33H,23-26H2,1-3H3,(H,36,40)/t33-/m0/s1. The van der Waals surface area contributed by atoms with Gasteiger partial charge in [0.1, 0.15) is 12.6 Å². The summed E-state index contributed by atoms with van der Waals surface area (Å²) in [5.41, 5.74) is 3.05. The lowest BCUT2D eigenvalue weighted by molar-refractivity contribution is -0.140. The zero-order chi connectivity index (χ0) is 30.8. The second-order valence-electron chi connectivity index (χ2n) is 11.0. The first-order valence-corrected chi connectivity index (χ1v) is 15.9. The Morgan fingerprint density at radius 3 is 1.84 bits per heavy atom. The van der Waals surface area contributed by atoms with Crippen molar-refractivity contribution in [3.05, 3.63) is 132 Å². The van der Waals surface area contributed by atoms with Crippen LogP contribution in [-0.2, 0) is 32.6 Å². The van der Waals surface area contributed by atoms with E-state index in [2.05, 4.69) is 5.32 Å². The maximum atomic E-state index is 14.4. The van der Waals surface area contributed by atoms with Gasteiger partial charge >= 0.3 is 0 Å². The Kier molecular flexibility index (Phi) is 10.7. The molecule has 1 atom stereocenters. The second kappa shape index (κ2) is 14.6. The average Bonchev–Trinajstić information content (AvgIpc) is 3.02. The van der Waals surface area contributed by atoms with Gasteiger partial charge in [-0.15, -0.1) is 0 Å². The van der Waals surface area contributed by atoms with Crippen molar-refractivity contribution in [2.24, 2.45) is 5.92 Å². The van der Waals surface area contributed by atoms with E-state index in [0.29, 0.717) is 12.2 Å². The number of anilines is 1. The van der Waals surface area contributed by atoms with Crippen LogP contribution in [0, 0.1) is 12.8 Å². The highest BCUT2D eigenvalue weighted by Gasteiger charge is 2.34. The maximum absolute atomic E-state index is 14.4.